The summed E-state index contributed by atoms with van der Waals surface area (Å²) in [6, 6.07) is 1.17. The first-order chi connectivity index (χ1) is 7.75. The van der Waals surface area contributed by atoms with Crippen molar-refractivity contribution in [3.8, 4) is 0 Å². The van der Waals surface area contributed by atoms with Gasteiger partial charge in [0.25, 0.3) is 0 Å². The van der Waals surface area contributed by atoms with Crippen LogP contribution in [0.15, 0.2) is 0 Å². The largest absolute Gasteiger partial charge is 0.381 e. The highest BCUT2D eigenvalue weighted by Crippen LogP contribution is 2.23. The molecule has 3 heteroatoms. The van der Waals surface area contributed by atoms with Crippen LogP contribution >= 0.6 is 0 Å². The second kappa shape index (κ2) is 5.99. The van der Waals surface area contributed by atoms with Gasteiger partial charge in [-0.2, -0.15) is 0 Å². The van der Waals surface area contributed by atoms with Crippen LogP contribution in [0.5, 0.6) is 0 Å². The van der Waals surface area contributed by atoms with Crippen molar-refractivity contribution in [3.63, 3.8) is 0 Å². The maximum atomic E-state index is 6.05. The van der Waals surface area contributed by atoms with Crippen molar-refractivity contribution in [2.75, 3.05) is 26.8 Å². The summed E-state index contributed by atoms with van der Waals surface area (Å²) in [5, 5.41) is 0. The Balaban J connectivity index is 1.75. The molecule has 0 amide bonds. The van der Waals surface area contributed by atoms with Gasteiger partial charge in [0.05, 0.1) is 0 Å². The lowest BCUT2D eigenvalue weighted by Crippen LogP contribution is -2.43. The van der Waals surface area contributed by atoms with Crippen molar-refractivity contribution in [1.29, 1.82) is 0 Å². The summed E-state index contributed by atoms with van der Waals surface area (Å²) in [5.41, 5.74) is 6.05. The molecule has 2 atom stereocenters. The Morgan fingerprint density at radius 1 is 1.19 bits per heavy atom. The van der Waals surface area contributed by atoms with Crippen LogP contribution in [0.1, 0.15) is 38.5 Å². The molecule has 2 aliphatic rings. The molecule has 1 aliphatic carbocycles. The normalized spacial score (nSPS) is 33.2. The Morgan fingerprint density at radius 2 is 1.94 bits per heavy atom. The molecule has 0 aromatic carbocycles. The molecule has 1 saturated heterocycles. The maximum absolute atomic E-state index is 6.05. The van der Waals surface area contributed by atoms with E-state index in [4.69, 9.17) is 10.5 Å². The van der Waals surface area contributed by atoms with E-state index in [-0.39, 0.29) is 0 Å². The molecule has 0 spiro atoms. The molecule has 1 saturated carbocycles. The van der Waals surface area contributed by atoms with Gasteiger partial charge in [-0.3, -0.25) is 0 Å². The average molecular weight is 226 g/mol. The van der Waals surface area contributed by atoms with Gasteiger partial charge in [0, 0.05) is 31.8 Å². The van der Waals surface area contributed by atoms with Crippen molar-refractivity contribution >= 4 is 0 Å². The highest BCUT2D eigenvalue weighted by molar-refractivity contribution is 4.82. The summed E-state index contributed by atoms with van der Waals surface area (Å²) < 4.78 is 5.41. The van der Waals surface area contributed by atoms with Crippen LogP contribution in [0.2, 0.25) is 0 Å². The first-order valence-electron chi connectivity index (χ1n) is 6.79. The number of rotatable bonds is 3. The second-order valence-electron chi connectivity index (χ2n) is 5.58. The van der Waals surface area contributed by atoms with Crippen molar-refractivity contribution < 1.29 is 4.74 Å². The molecular formula is C13H26N2O. The van der Waals surface area contributed by atoms with Crippen molar-refractivity contribution in [2.45, 2.75) is 50.6 Å². The van der Waals surface area contributed by atoms with Gasteiger partial charge in [-0.25, -0.2) is 0 Å². The zero-order valence-corrected chi connectivity index (χ0v) is 10.5. The molecule has 0 bridgehead atoms. The molecule has 2 unspecified atom stereocenters. The number of hydrogen-bond acceptors (Lipinski definition) is 3. The molecule has 94 valence electrons. The summed E-state index contributed by atoms with van der Waals surface area (Å²) in [7, 11) is 2.28. The van der Waals surface area contributed by atoms with Crippen LogP contribution < -0.4 is 5.73 Å². The quantitative estimate of drug-likeness (QED) is 0.794. The molecule has 16 heavy (non-hydrogen) atoms. The second-order valence-corrected chi connectivity index (χ2v) is 5.58. The lowest BCUT2D eigenvalue weighted by atomic mass is 9.89. The van der Waals surface area contributed by atoms with Crippen LogP contribution in [0.3, 0.4) is 0 Å². The van der Waals surface area contributed by atoms with Gasteiger partial charge in [0.1, 0.15) is 0 Å². The summed E-state index contributed by atoms with van der Waals surface area (Å²) in [6.07, 6.45) is 7.55. The monoisotopic (exact) mass is 226 g/mol. The minimum Gasteiger partial charge on any atom is -0.381 e. The van der Waals surface area contributed by atoms with Gasteiger partial charge < -0.3 is 15.4 Å². The summed E-state index contributed by atoms with van der Waals surface area (Å²) >= 11 is 0. The van der Waals surface area contributed by atoms with Crippen LogP contribution in [0, 0.1) is 5.92 Å². The first kappa shape index (κ1) is 12.3. The van der Waals surface area contributed by atoms with E-state index in [9.17, 15) is 0 Å². The zero-order valence-electron chi connectivity index (χ0n) is 10.5. The molecule has 1 aliphatic heterocycles. The molecule has 0 aromatic rings. The average Bonchev–Trinajstić information content (AvgIpc) is 2.30. The number of nitrogens with two attached hydrogens (primary N) is 1. The first-order valence-corrected chi connectivity index (χ1v) is 6.79. The fraction of sp³-hybridized carbons (Fsp3) is 1.00. The summed E-state index contributed by atoms with van der Waals surface area (Å²) in [5.74, 6) is 0.844. The van der Waals surface area contributed by atoms with Gasteiger partial charge in [-0.05, 0) is 45.1 Å². The fourth-order valence-corrected chi connectivity index (χ4v) is 3.09. The SMILES string of the molecule is CN(CC1CCOCC1)C1CCCC(N)C1. The molecule has 2 N–H and O–H groups in total. The minimum absolute atomic E-state index is 0.441. The van der Waals surface area contributed by atoms with E-state index >= 15 is 0 Å². The van der Waals surface area contributed by atoms with Crippen LogP contribution in [0.25, 0.3) is 0 Å². The van der Waals surface area contributed by atoms with E-state index in [1.54, 1.807) is 0 Å². The standard InChI is InChI=1S/C13H26N2O/c1-15(10-11-5-7-16-8-6-11)13-4-2-3-12(14)9-13/h11-13H,2-10,14H2,1H3. The summed E-state index contributed by atoms with van der Waals surface area (Å²) in [6.45, 7) is 3.16. The lowest BCUT2D eigenvalue weighted by molar-refractivity contribution is 0.0465. The highest BCUT2D eigenvalue weighted by atomic mass is 16.5. The molecule has 0 aromatic heterocycles. The third-order valence-electron chi connectivity index (χ3n) is 4.20. The number of ether oxygens (including phenoxy) is 1. The predicted octanol–water partition coefficient (Wildman–Crippen LogP) is 1.61. The van der Waals surface area contributed by atoms with Crippen molar-refractivity contribution in [3.05, 3.63) is 0 Å². The van der Waals surface area contributed by atoms with E-state index in [0.717, 1.165) is 25.2 Å². The topological polar surface area (TPSA) is 38.5 Å². The Bertz CT molecular complexity index is 204. The Labute approximate surface area is 99.3 Å². The highest BCUT2D eigenvalue weighted by Gasteiger charge is 2.25. The fourth-order valence-electron chi connectivity index (χ4n) is 3.09. The smallest absolute Gasteiger partial charge is 0.0469 e. The van der Waals surface area contributed by atoms with E-state index in [1.165, 1.54) is 45.1 Å². The lowest BCUT2D eigenvalue weighted by Gasteiger charge is -2.36. The van der Waals surface area contributed by atoms with Gasteiger partial charge in [0.2, 0.25) is 0 Å². The Morgan fingerprint density at radius 3 is 2.62 bits per heavy atom. The molecular weight excluding hydrogens is 200 g/mol. The van der Waals surface area contributed by atoms with E-state index < -0.39 is 0 Å². The summed E-state index contributed by atoms with van der Waals surface area (Å²) in [4.78, 5) is 2.55. The molecule has 2 rings (SSSR count). The van der Waals surface area contributed by atoms with Gasteiger partial charge in [0.15, 0.2) is 0 Å². The molecule has 0 radical (unpaired) electrons. The number of nitrogens with zero attached hydrogens (tertiary/aromatic N) is 1. The van der Waals surface area contributed by atoms with Crippen LogP contribution in [-0.2, 0) is 4.74 Å². The van der Waals surface area contributed by atoms with Crippen molar-refractivity contribution in [2.24, 2.45) is 11.7 Å². The third kappa shape index (κ3) is 3.44. The van der Waals surface area contributed by atoms with Crippen LogP contribution in [-0.4, -0.2) is 43.8 Å². The Kier molecular flexibility index (Phi) is 4.62. The van der Waals surface area contributed by atoms with Crippen molar-refractivity contribution in [1.82, 2.24) is 4.90 Å². The molecule has 3 nitrogen and oxygen atoms in total. The zero-order chi connectivity index (χ0) is 11.4. The van der Waals surface area contributed by atoms with E-state index in [2.05, 4.69) is 11.9 Å². The minimum atomic E-state index is 0.441. The van der Waals surface area contributed by atoms with E-state index in [0.29, 0.717) is 6.04 Å². The molecule has 2 fully saturated rings. The Hall–Kier alpha value is -0.120. The predicted molar refractivity (Wildman–Crippen MR) is 66.4 cm³/mol. The van der Waals surface area contributed by atoms with Gasteiger partial charge in [-0.1, -0.05) is 6.42 Å². The third-order valence-corrected chi connectivity index (χ3v) is 4.20. The van der Waals surface area contributed by atoms with E-state index in [1.807, 2.05) is 0 Å². The number of hydrogen-bond donors (Lipinski definition) is 1. The van der Waals surface area contributed by atoms with Crippen LogP contribution in [0.4, 0.5) is 0 Å². The molecule has 1 heterocycles. The van der Waals surface area contributed by atoms with Gasteiger partial charge in [-0.15, -0.1) is 0 Å². The van der Waals surface area contributed by atoms with Gasteiger partial charge >= 0.3 is 0 Å². The maximum Gasteiger partial charge on any atom is 0.0469 e.